The van der Waals surface area contributed by atoms with Crippen LogP contribution < -0.4 is 4.74 Å². The van der Waals surface area contributed by atoms with Crippen molar-refractivity contribution in [3.8, 4) is 17.6 Å². The van der Waals surface area contributed by atoms with E-state index in [1.54, 1.807) is 7.11 Å². The Hall–Kier alpha value is -1.42. The minimum absolute atomic E-state index is 0.426. The van der Waals surface area contributed by atoms with Gasteiger partial charge in [0.15, 0.2) is 0 Å². The molecule has 0 bridgehead atoms. The molecule has 0 aromatic heterocycles. The molecule has 1 aromatic carbocycles. The first kappa shape index (κ1) is 13.6. The molecule has 1 heteroatoms. The highest BCUT2D eigenvalue weighted by Gasteiger charge is 2.10. The van der Waals surface area contributed by atoms with E-state index in [4.69, 9.17) is 4.74 Å². The fraction of sp³-hybridized carbons (Fsp3) is 0.500. The summed E-state index contributed by atoms with van der Waals surface area (Å²) in [6.45, 7) is 6.46. The normalized spacial score (nSPS) is 11.5. The summed E-state index contributed by atoms with van der Waals surface area (Å²) in [5.41, 5.74) is 2.63. The van der Waals surface area contributed by atoms with Gasteiger partial charge in [-0.25, -0.2) is 0 Å². The van der Waals surface area contributed by atoms with E-state index in [1.807, 2.05) is 0 Å². The maximum absolute atomic E-state index is 5.42. The predicted octanol–water partition coefficient (Wildman–Crippen LogP) is 4.16. The monoisotopic (exact) mass is 230 g/mol. The maximum atomic E-state index is 5.42. The molecular weight excluding hydrogens is 208 g/mol. The molecule has 0 aliphatic heterocycles. The minimum atomic E-state index is 0.426. The van der Waals surface area contributed by atoms with Crippen LogP contribution in [-0.2, 0) is 6.42 Å². The summed E-state index contributed by atoms with van der Waals surface area (Å²) in [6, 6.07) is 6.45. The van der Waals surface area contributed by atoms with Gasteiger partial charge in [-0.15, -0.1) is 11.8 Å². The fourth-order valence-corrected chi connectivity index (χ4v) is 1.85. The van der Waals surface area contributed by atoms with Gasteiger partial charge in [-0.3, -0.25) is 0 Å². The molecular formula is C16H22O. The Kier molecular flexibility index (Phi) is 5.63. The first-order valence-electron chi connectivity index (χ1n) is 6.35. The molecule has 1 nitrogen and oxygen atoms in total. The van der Waals surface area contributed by atoms with E-state index in [-0.39, 0.29) is 0 Å². The first-order chi connectivity index (χ1) is 8.22. The van der Waals surface area contributed by atoms with Crippen molar-refractivity contribution in [2.75, 3.05) is 7.11 Å². The molecule has 1 aromatic rings. The van der Waals surface area contributed by atoms with E-state index >= 15 is 0 Å². The number of hydrogen-bond acceptors (Lipinski definition) is 1. The largest absolute Gasteiger partial charge is 0.496 e. The molecule has 0 fully saturated rings. The molecule has 0 amide bonds. The Bertz CT molecular complexity index is 409. The molecule has 1 rings (SSSR count). The standard InChI is InChI=1S/C16H22O/c1-5-7-8-9-13(3)15-12-14(6-2)10-11-16(15)17-4/h10-13H,5-6,9H2,1-4H3. The van der Waals surface area contributed by atoms with Crippen molar-refractivity contribution in [3.63, 3.8) is 0 Å². The van der Waals surface area contributed by atoms with Gasteiger partial charge in [-0.05, 0) is 29.5 Å². The zero-order chi connectivity index (χ0) is 12.7. The van der Waals surface area contributed by atoms with E-state index in [2.05, 4.69) is 50.8 Å². The number of benzene rings is 1. The molecule has 0 aliphatic carbocycles. The van der Waals surface area contributed by atoms with Gasteiger partial charge < -0.3 is 4.74 Å². The summed E-state index contributed by atoms with van der Waals surface area (Å²) in [7, 11) is 1.73. The third-order valence-electron chi connectivity index (χ3n) is 2.94. The summed E-state index contributed by atoms with van der Waals surface area (Å²) in [5.74, 6) is 7.75. The second-order valence-electron chi connectivity index (χ2n) is 4.24. The lowest BCUT2D eigenvalue weighted by Gasteiger charge is -2.14. The van der Waals surface area contributed by atoms with Crippen molar-refractivity contribution in [1.82, 2.24) is 0 Å². The van der Waals surface area contributed by atoms with E-state index in [0.717, 1.165) is 25.0 Å². The van der Waals surface area contributed by atoms with E-state index in [1.165, 1.54) is 11.1 Å². The lowest BCUT2D eigenvalue weighted by Crippen LogP contribution is -1.98. The molecule has 92 valence electrons. The highest BCUT2D eigenvalue weighted by atomic mass is 16.5. The highest BCUT2D eigenvalue weighted by molar-refractivity contribution is 5.40. The average molecular weight is 230 g/mol. The summed E-state index contributed by atoms with van der Waals surface area (Å²) in [6.07, 6.45) is 2.89. The summed E-state index contributed by atoms with van der Waals surface area (Å²) < 4.78 is 5.42. The van der Waals surface area contributed by atoms with Crippen LogP contribution in [0.15, 0.2) is 18.2 Å². The summed E-state index contributed by atoms with van der Waals surface area (Å²) >= 11 is 0. The fourth-order valence-electron chi connectivity index (χ4n) is 1.85. The Morgan fingerprint density at radius 1 is 1.24 bits per heavy atom. The van der Waals surface area contributed by atoms with E-state index < -0.39 is 0 Å². The Balaban J connectivity index is 2.92. The van der Waals surface area contributed by atoms with Crippen molar-refractivity contribution in [3.05, 3.63) is 29.3 Å². The van der Waals surface area contributed by atoms with Crippen LogP contribution in [0.2, 0.25) is 0 Å². The van der Waals surface area contributed by atoms with Gasteiger partial charge in [0, 0.05) is 12.8 Å². The van der Waals surface area contributed by atoms with Gasteiger partial charge in [0.2, 0.25) is 0 Å². The first-order valence-corrected chi connectivity index (χ1v) is 6.35. The van der Waals surface area contributed by atoms with E-state index in [9.17, 15) is 0 Å². The third kappa shape index (κ3) is 3.82. The van der Waals surface area contributed by atoms with Gasteiger partial charge in [-0.2, -0.15) is 0 Å². The third-order valence-corrected chi connectivity index (χ3v) is 2.94. The van der Waals surface area contributed by atoms with Gasteiger partial charge in [0.05, 0.1) is 7.11 Å². The molecule has 0 aliphatic rings. The van der Waals surface area contributed by atoms with Gasteiger partial charge in [0.1, 0.15) is 5.75 Å². The molecule has 1 unspecified atom stereocenters. The summed E-state index contributed by atoms with van der Waals surface area (Å²) in [4.78, 5) is 0. The maximum Gasteiger partial charge on any atom is 0.122 e. The second-order valence-corrected chi connectivity index (χ2v) is 4.24. The van der Waals surface area contributed by atoms with Crippen molar-refractivity contribution < 1.29 is 4.74 Å². The van der Waals surface area contributed by atoms with Crippen LogP contribution in [0.5, 0.6) is 5.75 Å². The predicted molar refractivity (Wildman–Crippen MR) is 73.5 cm³/mol. The Morgan fingerprint density at radius 3 is 2.59 bits per heavy atom. The van der Waals surface area contributed by atoms with Crippen LogP contribution in [0.4, 0.5) is 0 Å². The van der Waals surface area contributed by atoms with Crippen LogP contribution in [0, 0.1) is 11.8 Å². The molecule has 0 radical (unpaired) electrons. The molecule has 17 heavy (non-hydrogen) atoms. The Labute approximate surface area is 105 Å². The number of rotatable bonds is 4. The SMILES string of the molecule is CCC#CCC(C)c1cc(CC)ccc1OC. The summed E-state index contributed by atoms with van der Waals surface area (Å²) in [5, 5.41) is 0. The van der Waals surface area contributed by atoms with E-state index in [0.29, 0.717) is 5.92 Å². The molecule has 0 saturated heterocycles. The van der Waals surface area contributed by atoms with Gasteiger partial charge in [-0.1, -0.05) is 32.9 Å². The molecule has 0 N–H and O–H groups in total. The lowest BCUT2D eigenvalue weighted by molar-refractivity contribution is 0.406. The quantitative estimate of drug-likeness (QED) is 0.706. The van der Waals surface area contributed by atoms with Gasteiger partial charge in [0.25, 0.3) is 0 Å². The lowest BCUT2D eigenvalue weighted by atomic mass is 9.94. The van der Waals surface area contributed by atoms with Crippen LogP contribution in [0.25, 0.3) is 0 Å². The zero-order valence-corrected chi connectivity index (χ0v) is 11.3. The average Bonchev–Trinajstić information content (AvgIpc) is 2.38. The Morgan fingerprint density at radius 2 is 2.00 bits per heavy atom. The molecule has 0 saturated carbocycles. The van der Waals surface area contributed by atoms with Crippen LogP contribution >= 0.6 is 0 Å². The minimum Gasteiger partial charge on any atom is -0.496 e. The van der Waals surface area contributed by atoms with Gasteiger partial charge >= 0.3 is 0 Å². The number of methoxy groups -OCH3 is 1. The molecule has 1 atom stereocenters. The molecule has 0 spiro atoms. The molecule has 0 heterocycles. The topological polar surface area (TPSA) is 9.23 Å². The van der Waals surface area contributed by atoms with Crippen LogP contribution in [0.3, 0.4) is 0 Å². The number of hydrogen-bond donors (Lipinski definition) is 0. The second kappa shape index (κ2) is 7.01. The van der Waals surface area contributed by atoms with Crippen LogP contribution in [-0.4, -0.2) is 7.11 Å². The van der Waals surface area contributed by atoms with Crippen LogP contribution in [0.1, 0.15) is 50.7 Å². The van der Waals surface area contributed by atoms with Crippen molar-refractivity contribution in [2.24, 2.45) is 0 Å². The van der Waals surface area contributed by atoms with Crippen molar-refractivity contribution in [1.29, 1.82) is 0 Å². The highest BCUT2D eigenvalue weighted by Crippen LogP contribution is 2.29. The van der Waals surface area contributed by atoms with Crippen molar-refractivity contribution in [2.45, 2.75) is 46.0 Å². The number of aryl methyl sites for hydroxylation is 1. The number of ether oxygens (including phenoxy) is 1. The van der Waals surface area contributed by atoms with Crippen molar-refractivity contribution >= 4 is 0 Å². The smallest absolute Gasteiger partial charge is 0.122 e. The zero-order valence-electron chi connectivity index (χ0n) is 11.3.